The van der Waals surface area contributed by atoms with Crippen molar-refractivity contribution < 1.29 is 4.79 Å². The molecular weight excluding hydrogens is 362 g/mol. The lowest BCUT2D eigenvalue weighted by molar-refractivity contribution is 0.0925. The van der Waals surface area contributed by atoms with Crippen LogP contribution in [0.3, 0.4) is 0 Å². The number of fused-ring (bicyclic) bond motifs is 2. The topological polar surface area (TPSA) is 64.0 Å². The number of amides is 1. The summed E-state index contributed by atoms with van der Waals surface area (Å²) in [4.78, 5) is 30.3. The zero-order valence-electron chi connectivity index (χ0n) is 17.2. The minimum atomic E-state index is -0.146. The SMILES string of the molecule is CCc1ccc(C(NC(=O)c2ccc3c(=O)n4c(nc3c2)CCC4)C(C)C)cc1. The van der Waals surface area contributed by atoms with E-state index in [-0.39, 0.29) is 23.4 Å². The van der Waals surface area contributed by atoms with Crippen LogP contribution in [0.15, 0.2) is 47.3 Å². The van der Waals surface area contributed by atoms with Crippen molar-refractivity contribution in [3.63, 3.8) is 0 Å². The highest BCUT2D eigenvalue weighted by molar-refractivity contribution is 5.97. The standard InChI is InChI=1S/C24H27N3O2/c1-4-16-7-9-17(10-8-16)22(15(2)3)26-23(28)18-11-12-19-20(14-18)25-21-6-5-13-27(21)24(19)29/h7-12,14-15,22H,4-6,13H2,1-3H3,(H,26,28). The van der Waals surface area contributed by atoms with E-state index in [4.69, 9.17) is 0 Å². The summed E-state index contributed by atoms with van der Waals surface area (Å²) in [5.41, 5.74) is 3.50. The number of nitrogens with zero attached hydrogens (tertiary/aromatic N) is 2. The van der Waals surface area contributed by atoms with Crippen molar-refractivity contribution in [3.8, 4) is 0 Å². The Morgan fingerprint density at radius 1 is 1.17 bits per heavy atom. The lowest BCUT2D eigenvalue weighted by Gasteiger charge is -2.23. The summed E-state index contributed by atoms with van der Waals surface area (Å²) in [6.45, 7) is 7.06. The molecule has 29 heavy (non-hydrogen) atoms. The van der Waals surface area contributed by atoms with Crippen molar-refractivity contribution in [2.24, 2.45) is 5.92 Å². The van der Waals surface area contributed by atoms with Crippen molar-refractivity contribution in [3.05, 3.63) is 75.3 Å². The molecule has 0 saturated heterocycles. The van der Waals surface area contributed by atoms with E-state index < -0.39 is 0 Å². The first-order valence-electron chi connectivity index (χ1n) is 10.4. The molecule has 5 nitrogen and oxygen atoms in total. The number of nitrogens with one attached hydrogen (secondary N) is 1. The van der Waals surface area contributed by atoms with Crippen LogP contribution >= 0.6 is 0 Å². The first-order chi connectivity index (χ1) is 14.0. The molecule has 1 unspecified atom stereocenters. The summed E-state index contributed by atoms with van der Waals surface area (Å²) in [6.07, 6.45) is 2.75. The van der Waals surface area contributed by atoms with Crippen LogP contribution in [0.2, 0.25) is 0 Å². The van der Waals surface area contributed by atoms with Crippen LogP contribution in [-0.2, 0) is 19.4 Å². The van der Waals surface area contributed by atoms with Crippen LogP contribution in [-0.4, -0.2) is 15.5 Å². The van der Waals surface area contributed by atoms with E-state index in [2.05, 4.69) is 55.3 Å². The average Bonchev–Trinajstić information content (AvgIpc) is 3.20. The summed E-state index contributed by atoms with van der Waals surface area (Å²) in [5.74, 6) is 0.918. The molecule has 1 N–H and O–H groups in total. The third-order valence-corrected chi connectivity index (χ3v) is 5.78. The van der Waals surface area contributed by atoms with Gasteiger partial charge in [0, 0.05) is 18.5 Å². The molecule has 0 fully saturated rings. The number of hydrogen-bond donors (Lipinski definition) is 1. The van der Waals surface area contributed by atoms with Crippen molar-refractivity contribution in [1.29, 1.82) is 0 Å². The van der Waals surface area contributed by atoms with Crippen molar-refractivity contribution >= 4 is 16.8 Å². The zero-order valence-corrected chi connectivity index (χ0v) is 17.2. The summed E-state index contributed by atoms with van der Waals surface area (Å²) in [6, 6.07) is 13.5. The molecule has 1 aromatic heterocycles. The number of carbonyl (C=O) groups excluding carboxylic acids is 1. The fraction of sp³-hybridized carbons (Fsp3) is 0.375. The van der Waals surface area contributed by atoms with Gasteiger partial charge < -0.3 is 5.32 Å². The lowest BCUT2D eigenvalue weighted by atomic mass is 9.94. The van der Waals surface area contributed by atoms with Crippen LogP contribution in [0, 0.1) is 5.92 Å². The quantitative estimate of drug-likeness (QED) is 0.716. The van der Waals surface area contributed by atoms with Crippen molar-refractivity contribution in [1.82, 2.24) is 14.9 Å². The number of carbonyl (C=O) groups is 1. The molecule has 3 aromatic rings. The predicted octanol–water partition coefficient (Wildman–Crippen LogP) is 4.03. The number of hydrogen-bond acceptors (Lipinski definition) is 3. The number of aryl methyl sites for hydroxylation is 2. The minimum absolute atomic E-state index is 0.00877. The van der Waals surface area contributed by atoms with Crippen LogP contribution in [0.25, 0.3) is 10.9 Å². The molecule has 0 radical (unpaired) electrons. The van der Waals surface area contributed by atoms with Gasteiger partial charge in [-0.05, 0) is 48.1 Å². The molecule has 0 bridgehead atoms. The highest BCUT2D eigenvalue weighted by Gasteiger charge is 2.21. The monoisotopic (exact) mass is 389 g/mol. The van der Waals surface area contributed by atoms with Crippen LogP contribution < -0.4 is 10.9 Å². The fourth-order valence-electron chi connectivity index (χ4n) is 4.05. The van der Waals surface area contributed by atoms with E-state index >= 15 is 0 Å². The van der Waals surface area contributed by atoms with E-state index in [9.17, 15) is 9.59 Å². The van der Waals surface area contributed by atoms with Gasteiger partial charge in [0.2, 0.25) is 0 Å². The molecule has 2 aromatic carbocycles. The van der Waals surface area contributed by atoms with E-state index in [1.807, 2.05) is 0 Å². The Hall–Kier alpha value is -2.95. The molecule has 2 heterocycles. The average molecular weight is 389 g/mol. The fourth-order valence-corrected chi connectivity index (χ4v) is 4.05. The molecule has 0 spiro atoms. The molecule has 1 amide bonds. The molecule has 0 saturated carbocycles. The second-order valence-electron chi connectivity index (χ2n) is 8.11. The van der Waals surface area contributed by atoms with E-state index in [1.165, 1.54) is 5.56 Å². The van der Waals surface area contributed by atoms with Crippen LogP contribution in [0.1, 0.15) is 60.5 Å². The summed E-state index contributed by atoms with van der Waals surface area (Å²) >= 11 is 0. The Kier molecular flexibility index (Phi) is 5.22. The van der Waals surface area contributed by atoms with Gasteiger partial charge in [0.25, 0.3) is 11.5 Å². The molecule has 150 valence electrons. The Bertz CT molecular complexity index is 1110. The van der Waals surface area contributed by atoms with Gasteiger partial charge in [-0.2, -0.15) is 0 Å². The highest BCUT2D eigenvalue weighted by atomic mass is 16.1. The summed E-state index contributed by atoms with van der Waals surface area (Å²) < 4.78 is 1.75. The predicted molar refractivity (Wildman–Crippen MR) is 115 cm³/mol. The maximum absolute atomic E-state index is 13.0. The highest BCUT2D eigenvalue weighted by Crippen LogP contribution is 2.23. The summed E-state index contributed by atoms with van der Waals surface area (Å²) in [5, 5.41) is 3.74. The Labute approximate surface area is 170 Å². The second-order valence-corrected chi connectivity index (χ2v) is 8.11. The maximum atomic E-state index is 13.0. The molecular formula is C24H27N3O2. The maximum Gasteiger partial charge on any atom is 0.261 e. The number of aromatic nitrogens is 2. The van der Waals surface area contributed by atoms with Gasteiger partial charge in [-0.1, -0.05) is 45.0 Å². The van der Waals surface area contributed by atoms with Gasteiger partial charge in [0.15, 0.2) is 0 Å². The van der Waals surface area contributed by atoms with Crippen molar-refractivity contribution in [2.45, 2.75) is 52.6 Å². The number of rotatable bonds is 5. The van der Waals surface area contributed by atoms with Crippen molar-refractivity contribution in [2.75, 3.05) is 0 Å². The van der Waals surface area contributed by atoms with Crippen LogP contribution in [0.5, 0.6) is 0 Å². The van der Waals surface area contributed by atoms with Gasteiger partial charge in [0.05, 0.1) is 16.9 Å². The summed E-state index contributed by atoms with van der Waals surface area (Å²) in [7, 11) is 0. The van der Waals surface area contributed by atoms with E-state index in [0.717, 1.165) is 37.2 Å². The third-order valence-electron chi connectivity index (χ3n) is 5.78. The van der Waals surface area contributed by atoms with Gasteiger partial charge in [-0.25, -0.2) is 4.98 Å². The Morgan fingerprint density at radius 3 is 2.62 bits per heavy atom. The first kappa shape index (κ1) is 19.4. The Morgan fingerprint density at radius 2 is 1.93 bits per heavy atom. The van der Waals surface area contributed by atoms with Gasteiger partial charge >= 0.3 is 0 Å². The third kappa shape index (κ3) is 3.69. The molecule has 5 heteroatoms. The van der Waals surface area contributed by atoms with Gasteiger partial charge in [-0.3, -0.25) is 14.2 Å². The van der Waals surface area contributed by atoms with E-state index in [1.54, 1.807) is 22.8 Å². The van der Waals surface area contributed by atoms with Gasteiger partial charge in [-0.15, -0.1) is 0 Å². The Balaban J connectivity index is 1.63. The zero-order chi connectivity index (χ0) is 20.5. The van der Waals surface area contributed by atoms with Gasteiger partial charge in [0.1, 0.15) is 5.82 Å². The molecule has 1 aliphatic rings. The largest absolute Gasteiger partial charge is 0.345 e. The lowest BCUT2D eigenvalue weighted by Crippen LogP contribution is -2.32. The smallest absolute Gasteiger partial charge is 0.261 e. The molecule has 0 aliphatic carbocycles. The second kappa shape index (κ2) is 7.82. The normalized spacial score (nSPS) is 14.2. The van der Waals surface area contributed by atoms with Crippen LogP contribution in [0.4, 0.5) is 0 Å². The first-order valence-corrected chi connectivity index (χ1v) is 10.4. The van der Waals surface area contributed by atoms with E-state index in [0.29, 0.717) is 16.5 Å². The molecule has 4 rings (SSSR count). The molecule has 1 atom stereocenters. The molecule has 1 aliphatic heterocycles. The number of benzene rings is 2. The minimum Gasteiger partial charge on any atom is -0.345 e.